The minimum atomic E-state index is -2.69. The molecule has 10 nitrogen and oxygen atoms in total. The lowest BCUT2D eigenvalue weighted by Gasteiger charge is -2.54. The van der Waals surface area contributed by atoms with E-state index in [-0.39, 0.29) is 24.2 Å². The number of amides is 1. The van der Waals surface area contributed by atoms with Crippen molar-refractivity contribution < 1.29 is 39.3 Å². The number of aldehydes is 1. The third-order valence-electron chi connectivity index (χ3n) is 8.53. The first-order valence-electron chi connectivity index (χ1n) is 12.3. The number of phenolic OH excluding ortho intramolecular Hbond substituents is 1. The van der Waals surface area contributed by atoms with Gasteiger partial charge in [0.05, 0.1) is 17.6 Å². The highest BCUT2D eigenvalue weighted by molar-refractivity contribution is 6.25. The third-order valence-corrected chi connectivity index (χ3v) is 8.53. The summed E-state index contributed by atoms with van der Waals surface area (Å²) in [4.78, 5) is 65.8. The van der Waals surface area contributed by atoms with Gasteiger partial charge in [-0.05, 0) is 55.6 Å². The number of carbonyl (C=O) groups is 5. The maximum atomic E-state index is 13.9. The van der Waals surface area contributed by atoms with Crippen molar-refractivity contribution in [2.45, 2.75) is 30.6 Å². The van der Waals surface area contributed by atoms with E-state index in [9.17, 15) is 39.3 Å². The van der Waals surface area contributed by atoms with Gasteiger partial charge >= 0.3 is 0 Å². The molecule has 2 aromatic rings. The summed E-state index contributed by atoms with van der Waals surface area (Å²) in [7, 11) is 3.19. The number of primary amides is 1. The smallest absolute Gasteiger partial charge is 0.230 e. The van der Waals surface area contributed by atoms with Crippen LogP contribution in [0.1, 0.15) is 32.7 Å². The molecule has 2 saturated carbocycles. The van der Waals surface area contributed by atoms with Crippen LogP contribution in [0.4, 0.5) is 0 Å². The van der Waals surface area contributed by atoms with Gasteiger partial charge in [-0.15, -0.1) is 0 Å². The van der Waals surface area contributed by atoms with E-state index in [0.717, 1.165) is 0 Å². The summed E-state index contributed by atoms with van der Waals surface area (Å²) in [6.45, 7) is 0. The first-order chi connectivity index (χ1) is 17.9. The first-order valence-corrected chi connectivity index (χ1v) is 12.3. The number of hydrogen-bond acceptors (Lipinski definition) is 9. The molecule has 3 aliphatic rings. The fraction of sp³-hybridized carbons (Fsp3) is 0.393. The number of aromatic hydroxyl groups is 1. The van der Waals surface area contributed by atoms with E-state index in [1.165, 1.54) is 6.07 Å². The highest BCUT2D eigenvalue weighted by Gasteiger charge is 2.69. The highest BCUT2D eigenvalue weighted by atomic mass is 16.3. The number of hydrogen-bond donors (Lipinski definition) is 4. The van der Waals surface area contributed by atoms with Gasteiger partial charge in [-0.1, -0.05) is 30.3 Å². The number of nitrogens with two attached hydrogens (primary N) is 1. The van der Waals surface area contributed by atoms with Crippen LogP contribution in [0.3, 0.4) is 0 Å². The second kappa shape index (κ2) is 8.93. The summed E-state index contributed by atoms with van der Waals surface area (Å²) >= 11 is 0. The molecule has 0 spiro atoms. The van der Waals surface area contributed by atoms with Crippen LogP contribution in [-0.4, -0.2) is 81.6 Å². The van der Waals surface area contributed by atoms with Crippen molar-refractivity contribution in [2.75, 3.05) is 14.1 Å². The zero-order chi connectivity index (χ0) is 27.7. The van der Waals surface area contributed by atoms with Crippen molar-refractivity contribution in [2.24, 2.45) is 29.4 Å². The van der Waals surface area contributed by atoms with Gasteiger partial charge in [0.2, 0.25) is 5.91 Å². The summed E-state index contributed by atoms with van der Waals surface area (Å²) in [5, 5.41) is 33.3. The fourth-order valence-electron chi connectivity index (χ4n) is 6.83. The van der Waals surface area contributed by atoms with Gasteiger partial charge < -0.3 is 26.0 Å². The van der Waals surface area contributed by atoms with Crippen LogP contribution < -0.4 is 5.73 Å². The zero-order valence-corrected chi connectivity index (χ0v) is 20.8. The Hall–Kier alpha value is -3.73. The lowest BCUT2D eigenvalue weighted by molar-refractivity contribution is -0.190. The predicted molar refractivity (Wildman–Crippen MR) is 133 cm³/mol. The Bertz CT molecular complexity index is 1380. The second-order valence-corrected chi connectivity index (χ2v) is 10.7. The Labute approximate surface area is 218 Å². The Balaban J connectivity index is 1.64. The maximum Gasteiger partial charge on any atom is 0.230 e. The molecule has 2 aromatic carbocycles. The molecule has 3 unspecified atom stereocenters. The van der Waals surface area contributed by atoms with Crippen LogP contribution in [-0.2, 0) is 20.8 Å². The van der Waals surface area contributed by atoms with Crippen LogP contribution in [0.5, 0.6) is 5.75 Å². The maximum absolute atomic E-state index is 13.9. The van der Waals surface area contributed by atoms with E-state index in [0.29, 0.717) is 28.5 Å². The lowest BCUT2D eigenvalue weighted by atomic mass is 9.52. The molecule has 0 saturated heterocycles. The number of benzene rings is 2. The number of ketones is 3. The molecular formula is C28H28N2O8. The van der Waals surface area contributed by atoms with Crippen molar-refractivity contribution in [1.82, 2.24) is 4.90 Å². The number of fused-ring (bicyclic) bond motifs is 3. The van der Waals surface area contributed by atoms with Gasteiger partial charge in [0.25, 0.3) is 0 Å². The number of nitrogens with zero attached hydrogens (tertiary/aromatic N) is 1. The van der Waals surface area contributed by atoms with Gasteiger partial charge in [0.15, 0.2) is 23.0 Å². The lowest BCUT2D eigenvalue weighted by Crippen LogP contribution is -2.75. The molecule has 1 amide bonds. The Morgan fingerprint density at radius 2 is 1.74 bits per heavy atom. The summed E-state index contributed by atoms with van der Waals surface area (Å²) in [5.74, 6) is -9.40. The van der Waals surface area contributed by atoms with Crippen LogP contribution in [0, 0.1) is 23.7 Å². The topological polar surface area (TPSA) is 175 Å². The quantitative estimate of drug-likeness (QED) is 0.323. The standard InChI is InChI=1S/C28H28N2O8/c1-30(2)22-17-10-14-9-16-15(13-5-3-12(11-31)4-6-13)7-8-18(32)20(16)23(33)19(14)25(35)28(17,38)26(36)21(24(22)34)27(29)37/h3-8,11,14,17,19,21-22,24,32,34,38H,9-10H2,1-2H3,(H2,29,37)/t14-,17-,19?,21?,22-,24?,28-/m1/s1. The van der Waals surface area contributed by atoms with E-state index in [1.54, 1.807) is 49.3 Å². The van der Waals surface area contributed by atoms with Gasteiger partial charge in [-0.3, -0.25) is 24.0 Å². The van der Waals surface area contributed by atoms with Gasteiger partial charge in [0.1, 0.15) is 18.0 Å². The molecule has 38 heavy (non-hydrogen) atoms. The summed E-state index contributed by atoms with van der Waals surface area (Å²) in [6.07, 6.45) is -0.614. The monoisotopic (exact) mass is 520 g/mol. The molecule has 2 fully saturated rings. The normalized spacial score (nSPS) is 32.4. The molecule has 0 aliphatic heterocycles. The Kier molecular flexibility index (Phi) is 6.09. The molecule has 10 heteroatoms. The average molecular weight is 521 g/mol. The second-order valence-electron chi connectivity index (χ2n) is 10.7. The molecule has 5 rings (SSSR count). The van der Waals surface area contributed by atoms with Crippen LogP contribution in [0.15, 0.2) is 36.4 Å². The number of aliphatic hydroxyl groups is 2. The van der Waals surface area contributed by atoms with Gasteiger partial charge in [0, 0.05) is 17.5 Å². The number of carbonyl (C=O) groups excluding carboxylic acids is 5. The van der Waals surface area contributed by atoms with E-state index in [4.69, 9.17) is 5.73 Å². The van der Waals surface area contributed by atoms with Crippen molar-refractivity contribution in [1.29, 1.82) is 0 Å². The fourth-order valence-corrected chi connectivity index (χ4v) is 6.83. The molecule has 3 aliphatic carbocycles. The van der Waals surface area contributed by atoms with Crippen molar-refractivity contribution in [3.63, 3.8) is 0 Å². The Morgan fingerprint density at radius 3 is 2.32 bits per heavy atom. The van der Waals surface area contributed by atoms with E-state index < -0.39 is 64.7 Å². The molecular weight excluding hydrogens is 492 g/mol. The molecule has 0 aromatic heterocycles. The zero-order valence-electron chi connectivity index (χ0n) is 20.8. The SMILES string of the molecule is CN(C)[C@H]1C(O)C(C(N)=O)C(=O)[C@]2(O)C(=O)C3C(=O)c4c(O)ccc(-c5ccc(C=O)cc5)c4C[C@@H]3C[C@H]12. The predicted octanol–water partition coefficient (Wildman–Crippen LogP) is 0.138. The number of phenols is 1. The number of rotatable bonds is 4. The minimum Gasteiger partial charge on any atom is -0.507 e. The van der Waals surface area contributed by atoms with E-state index >= 15 is 0 Å². The van der Waals surface area contributed by atoms with E-state index in [2.05, 4.69) is 0 Å². The van der Waals surface area contributed by atoms with Crippen LogP contribution in [0.2, 0.25) is 0 Å². The first kappa shape index (κ1) is 25.9. The van der Waals surface area contributed by atoms with Crippen LogP contribution in [0.25, 0.3) is 11.1 Å². The van der Waals surface area contributed by atoms with Gasteiger partial charge in [-0.2, -0.15) is 0 Å². The number of likely N-dealkylation sites (N-methyl/N-ethyl adjacent to an activating group) is 1. The summed E-state index contributed by atoms with van der Waals surface area (Å²) in [6, 6.07) is 8.75. The molecule has 0 radical (unpaired) electrons. The largest absolute Gasteiger partial charge is 0.507 e. The average Bonchev–Trinajstić information content (AvgIpc) is 2.86. The summed E-state index contributed by atoms with van der Waals surface area (Å²) in [5.41, 5.74) is 4.98. The minimum absolute atomic E-state index is 0.0361. The third kappa shape index (κ3) is 3.48. The summed E-state index contributed by atoms with van der Waals surface area (Å²) < 4.78 is 0. The molecule has 198 valence electrons. The molecule has 0 bridgehead atoms. The van der Waals surface area contributed by atoms with E-state index in [1.807, 2.05) is 0 Å². The van der Waals surface area contributed by atoms with Crippen molar-refractivity contribution in [3.8, 4) is 16.9 Å². The van der Waals surface area contributed by atoms with Crippen molar-refractivity contribution in [3.05, 3.63) is 53.1 Å². The van der Waals surface area contributed by atoms with Crippen LogP contribution >= 0.6 is 0 Å². The highest BCUT2D eigenvalue weighted by Crippen LogP contribution is 2.52. The molecule has 5 N–H and O–H groups in total. The van der Waals surface area contributed by atoms with Gasteiger partial charge in [-0.25, -0.2) is 0 Å². The molecule has 7 atom stereocenters. The molecule has 0 heterocycles. The van der Waals surface area contributed by atoms with Crippen molar-refractivity contribution >= 4 is 29.5 Å². The number of aliphatic hydroxyl groups excluding tert-OH is 1. The Morgan fingerprint density at radius 1 is 1.08 bits per heavy atom. The number of Topliss-reactive ketones (excluding diaryl/α,β-unsaturated/α-hetero) is 3.